The van der Waals surface area contributed by atoms with Crippen molar-refractivity contribution < 1.29 is 14.3 Å². The molecule has 11 nitrogen and oxygen atoms in total. The number of ether oxygens (including phenoxy) is 1. The second kappa shape index (κ2) is 17.7. The van der Waals surface area contributed by atoms with Crippen molar-refractivity contribution in [3.63, 3.8) is 0 Å². The first-order chi connectivity index (χ1) is 26.8. The minimum absolute atomic E-state index is 0.159. The first-order valence-electron chi connectivity index (χ1n) is 19.6. The number of amides is 2. The van der Waals surface area contributed by atoms with E-state index >= 15 is 0 Å². The molecule has 0 unspecified atom stereocenters. The molecule has 2 aromatic carbocycles. The van der Waals surface area contributed by atoms with Crippen LogP contribution in [0.1, 0.15) is 82.9 Å². The van der Waals surface area contributed by atoms with Gasteiger partial charge in [0, 0.05) is 60.7 Å². The van der Waals surface area contributed by atoms with Crippen LogP contribution in [0.15, 0.2) is 66.9 Å². The Kier molecular flexibility index (Phi) is 12.4. The van der Waals surface area contributed by atoms with Crippen LogP contribution < -0.4 is 16.0 Å². The molecule has 2 saturated heterocycles. The van der Waals surface area contributed by atoms with Crippen LogP contribution in [0, 0.1) is 5.92 Å². The van der Waals surface area contributed by atoms with Crippen LogP contribution in [0.3, 0.4) is 0 Å². The second-order valence-corrected chi connectivity index (χ2v) is 15.1. The number of nitrogens with one attached hydrogen (secondary N) is 3. The van der Waals surface area contributed by atoms with Gasteiger partial charge in [0.25, 0.3) is 11.8 Å². The largest absolute Gasteiger partial charge is 0.381 e. The summed E-state index contributed by atoms with van der Waals surface area (Å²) in [6.45, 7) is 9.04. The predicted octanol–water partition coefficient (Wildman–Crippen LogP) is 7.06. The third-order valence-electron chi connectivity index (χ3n) is 10.9. The number of hydrogen-bond donors (Lipinski definition) is 3. The van der Waals surface area contributed by atoms with Gasteiger partial charge in [-0.15, -0.1) is 0 Å². The molecule has 2 fully saturated rings. The second-order valence-electron chi connectivity index (χ2n) is 14.7. The molecule has 288 valence electrons. The van der Waals surface area contributed by atoms with E-state index in [1.54, 1.807) is 18.2 Å². The highest BCUT2D eigenvalue weighted by Crippen LogP contribution is 2.33. The lowest BCUT2D eigenvalue weighted by molar-refractivity contribution is 0.0904. The van der Waals surface area contributed by atoms with Gasteiger partial charge >= 0.3 is 0 Å². The number of fused-ring (bicyclic) bond motifs is 1. The van der Waals surface area contributed by atoms with Crippen molar-refractivity contribution in [2.75, 3.05) is 38.7 Å². The van der Waals surface area contributed by atoms with E-state index < -0.39 is 0 Å². The van der Waals surface area contributed by atoms with Gasteiger partial charge in [0.2, 0.25) is 0 Å². The summed E-state index contributed by atoms with van der Waals surface area (Å²) in [5, 5.41) is 16.0. The number of carbonyl (C=O) groups excluding carboxylic acids is 2. The lowest BCUT2D eigenvalue weighted by atomic mass is 9.89. The van der Waals surface area contributed by atoms with Crippen molar-refractivity contribution in [2.45, 2.75) is 78.0 Å². The van der Waals surface area contributed by atoms with Crippen LogP contribution in [0.5, 0.6) is 0 Å². The fourth-order valence-corrected chi connectivity index (χ4v) is 7.92. The monoisotopic (exact) mass is 762 g/mol. The van der Waals surface area contributed by atoms with E-state index in [0.717, 1.165) is 77.0 Å². The number of halogens is 1. The smallest absolute Gasteiger partial charge is 0.270 e. The highest BCUT2D eigenvalue weighted by Gasteiger charge is 2.23. The Morgan fingerprint density at radius 1 is 0.873 bits per heavy atom. The molecular weight excluding hydrogens is 712 g/mol. The Bertz CT molecular complexity index is 2140. The number of rotatable bonds is 13. The SMILES string of the molecule is CCc1nc2c(cnn2CC)c(NC2CCOCC2)c1CNC(=O)c1cccc(C(=O)NCc2ccc(Cl)c(-c3cccc(CC4CCN(C)CC4)c3)c2)n1. The van der Waals surface area contributed by atoms with Gasteiger partial charge < -0.3 is 25.6 Å². The first-order valence-corrected chi connectivity index (χ1v) is 20.0. The summed E-state index contributed by atoms with van der Waals surface area (Å²) in [4.78, 5) is 38.7. The van der Waals surface area contributed by atoms with Crippen LogP contribution in [0.4, 0.5) is 5.69 Å². The number of anilines is 1. The van der Waals surface area contributed by atoms with Crippen molar-refractivity contribution in [2.24, 2.45) is 5.92 Å². The normalized spacial score (nSPS) is 15.6. The molecule has 5 heterocycles. The molecule has 55 heavy (non-hydrogen) atoms. The summed E-state index contributed by atoms with van der Waals surface area (Å²) in [7, 11) is 2.19. The maximum atomic E-state index is 13.5. The molecular formula is C43H51ClN8O3. The molecule has 5 aromatic rings. The Morgan fingerprint density at radius 3 is 2.33 bits per heavy atom. The van der Waals surface area contributed by atoms with Crippen molar-refractivity contribution in [3.8, 4) is 11.1 Å². The third kappa shape index (κ3) is 9.18. The van der Waals surface area contributed by atoms with E-state index in [1.165, 1.54) is 18.4 Å². The Labute approximate surface area is 328 Å². The van der Waals surface area contributed by atoms with Crippen LogP contribution in [0.25, 0.3) is 22.2 Å². The molecule has 0 spiro atoms. The Morgan fingerprint density at radius 2 is 1.60 bits per heavy atom. The topological polar surface area (TPSA) is 126 Å². The molecule has 0 bridgehead atoms. The molecule has 0 aliphatic carbocycles. The summed E-state index contributed by atoms with van der Waals surface area (Å²) in [6.07, 6.45) is 7.82. The van der Waals surface area contributed by atoms with Crippen molar-refractivity contribution in [1.29, 1.82) is 0 Å². The van der Waals surface area contributed by atoms with E-state index in [-0.39, 0.29) is 42.3 Å². The minimum Gasteiger partial charge on any atom is -0.381 e. The highest BCUT2D eigenvalue weighted by molar-refractivity contribution is 6.33. The molecule has 0 radical (unpaired) electrons. The average Bonchev–Trinajstić information content (AvgIpc) is 3.64. The van der Waals surface area contributed by atoms with Crippen LogP contribution in [0.2, 0.25) is 5.02 Å². The van der Waals surface area contributed by atoms with E-state index in [9.17, 15) is 9.59 Å². The lowest BCUT2D eigenvalue weighted by Crippen LogP contribution is -2.30. The predicted molar refractivity (Wildman–Crippen MR) is 217 cm³/mol. The standard InChI is InChI=1S/C43H51ClN8O3/c1-4-37-34(40(48-32-16-20-55-21-17-32)35-27-47-52(5-2)41(35)50-37)26-46-43(54)39-11-7-10-38(49-39)42(53)45-25-30-12-13-36(44)33(24-30)31-9-6-8-29(23-31)22-28-14-18-51(3)19-15-28/h6-13,23-24,27-28,32H,4-5,14-22,25-26H2,1-3H3,(H,45,53)(H,46,54)(H,48,50). The van der Waals surface area contributed by atoms with Crippen molar-refractivity contribution in [3.05, 3.63) is 106 Å². The maximum absolute atomic E-state index is 13.5. The van der Waals surface area contributed by atoms with Gasteiger partial charge in [-0.3, -0.25) is 9.59 Å². The van der Waals surface area contributed by atoms with Gasteiger partial charge in [0.1, 0.15) is 11.4 Å². The van der Waals surface area contributed by atoms with E-state index in [1.807, 2.05) is 36.0 Å². The number of nitrogens with zero attached hydrogens (tertiary/aromatic N) is 5. The molecule has 7 rings (SSSR count). The number of piperidine rings is 1. The molecule has 0 saturated carbocycles. The summed E-state index contributed by atoms with van der Waals surface area (Å²) >= 11 is 6.71. The maximum Gasteiger partial charge on any atom is 0.270 e. The van der Waals surface area contributed by atoms with E-state index in [2.05, 4.69) is 69.2 Å². The lowest BCUT2D eigenvalue weighted by Gasteiger charge is -2.29. The molecule has 2 aliphatic heterocycles. The number of likely N-dealkylation sites (tertiary alicyclic amines) is 1. The summed E-state index contributed by atoms with van der Waals surface area (Å²) in [5.74, 6) is -0.0547. The Hall–Kier alpha value is -4.84. The quantitative estimate of drug-likeness (QED) is 0.116. The molecule has 12 heteroatoms. The van der Waals surface area contributed by atoms with Gasteiger partial charge in [-0.05, 0) is 112 Å². The van der Waals surface area contributed by atoms with Gasteiger partial charge in [-0.2, -0.15) is 5.10 Å². The van der Waals surface area contributed by atoms with Crippen molar-refractivity contribution in [1.82, 2.24) is 35.3 Å². The van der Waals surface area contributed by atoms with Gasteiger partial charge in [0.05, 0.1) is 17.3 Å². The highest BCUT2D eigenvalue weighted by atomic mass is 35.5. The fourth-order valence-electron chi connectivity index (χ4n) is 7.69. The molecule has 2 amide bonds. The van der Waals surface area contributed by atoms with Gasteiger partial charge in [-0.1, -0.05) is 54.9 Å². The number of aryl methyl sites for hydroxylation is 2. The number of pyridine rings is 2. The first kappa shape index (κ1) is 38.4. The number of hydrogen-bond acceptors (Lipinski definition) is 8. The number of aromatic nitrogens is 4. The zero-order valence-electron chi connectivity index (χ0n) is 32.0. The minimum atomic E-state index is -0.376. The molecule has 3 aromatic heterocycles. The number of benzene rings is 2. The fraction of sp³-hybridized carbons (Fsp3) is 0.419. The molecule has 3 N–H and O–H groups in total. The van der Waals surface area contributed by atoms with Crippen LogP contribution in [-0.2, 0) is 37.2 Å². The summed E-state index contributed by atoms with van der Waals surface area (Å²) in [6, 6.07) is 19.6. The number of carbonyl (C=O) groups is 2. The van der Waals surface area contributed by atoms with Crippen LogP contribution >= 0.6 is 11.6 Å². The zero-order chi connectivity index (χ0) is 38.3. The summed E-state index contributed by atoms with van der Waals surface area (Å²) < 4.78 is 7.50. The van der Waals surface area contributed by atoms with Gasteiger partial charge in [0.15, 0.2) is 5.65 Å². The third-order valence-corrected chi connectivity index (χ3v) is 11.2. The molecule has 0 atom stereocenters. The Balaban J connectivity index is 1.01. The average molecular weight is 763 g/mol. The van der Waals surface area contributed by atoms with Gasteiger partial charge in [-0.25, -0.2) is 14.6 Å². The van der Waals surface area contributed by atoms with E-state index in [4.69, 9.17) is 21.3 Å². The van der Waals surface area contributed by atoms with Crippen LogP contribution in [-0.4, -0.2) is 75.9 Å². The van der Waals surface area contributed by atoms with Crippen molar-refractivity contribution >= 4 is 40.1 Å². The summed E-state index contributed by atoms with van der Waals surface area (Å²) in [5.41, 5.74) is 8.13. The zero-order valence-corrected chi connectivity index (χ0v) is 32.8. The van der Waals surface area contributed by atoms with E-state index in [0.29, 0.717) is 37.1 Å². The molecule has 2 aliphatic rings.